The third-order valence-corrected chi connectivity index (χ3v) is 8.38. The summed E-state index contributed by atoms with van der Waals surface area (Å²) in [6.45, 7) is 2.74. The highest BCUT2D eigenvalue weighted by Crippen LogP contribution is 2.39. The van der Waals surface area contributed by atoms with Crippen molar-refractivity contribution in [3.8, 4) is 0 Å². The highest BCUT2D eigenvalue weighted by Gasteiger charge is 2.39. The summed E-state index contributed by atoms with van der Waals surface area (Å²) in [6, 6.07) is 1.66. The smallest absolute Gasteiger partial charge is 0.245 e. The van der Waals surface area contributed by atoms with Gasteiger partial charge < -0.3 is 4.74 Å². The van der Waals surface area contributed by atoms with Crippen molar-refractivity contribution in [2.24, 2.45) is 5.92 Å². The maximum Gasteiger partial charge on any atom is 0.245 e. The highest BCUT2D eigenvalue weighted by atomic mass is 79.9. The Hall–Kier alpha value is 0.340. The van der Waals surface area contributed by atoms with E-state index in [1.54, 1.807) is 17.5 Å². The molecule has 0 N–H and O–H groups in total. The van der Waals surface area contributed by atoms with Gasteiger partial charge in [0.2, 0.25) is 10.0 Å². The van der Waals surface area contributed by atoms with Crippen molar-refractivity contribution in [3.05, 3.63) is 14.7 Å². The molecule has 0 amide bonds. The van der Waals surface area contributed by atoms with E-state index in [4.69, 9.17) is 16.3 Å². The Morgan fingerprint density at radius 3 is 2.71 bits per heavy atom. The Bertz CT molecular complexity index is 586. The fourth-order valence-electron chi connectivity index (χ4n) is 2.30. The zero-order valence-electron chi connectivity index (χ0n) is 12.0. The Morgan fingerprint density at radius 2 is 2.24 bits per heavy atom. The van der Waals surface area contributed by atoms with E-state index in [-0.39, 0.29) is 6.04 Å². The molecule has 21 heavy (non-hydrogen) atoms. The molecule has 0 spiro atoms. The molecule has 0 aliphatic heterocycles. The lowest BCUT2D eigenvalue weighted by atomic mass is 10.2. The summed E-state index contributed by atoms with van der Waals surface area (Å²) in [6.07, 6.45) is 2.19. The van der Waals surface area contributed by atoms with Crippen LogP contribution in [0.15, 0.2) is 14.7 Å². The fraction of sp³-hybridized carbons (Fsp3) is 0.692. The van der Waals surface area contributed by atoms with Crippen molar-refractivity contribution < 1.29 is 13.2 Å². The molecule has 1 aromatic rings. The lowest BCUT2D eigenvalue weighted by molar-refractivity contribution is 0.164. The number of hydrogen-bond donors (Lipinski definition) is 0. The van der Waals surface area contributed by atoms with E-state index in [0.717, 1.165) is 17.7 Å². The number of sulfonamides is 1. The molecule has 1 heterocycles. The lowest BCUT2D eigenvalue weighted by Crippen LogP contribution is -2.41. The number of nitrogens with zero attached hydrogens (tertiary/aromatic N) is 1. The van der Waals surface area contributed by atoms with E-state index in [1.165, 1.54) is 11.3 Å². The molecule has 2 rings (SSSR count). The molecule has 1 aliphatic carbocycles. The Kier molecular flexibility index (Phi) is 6.13. The molecule has 1 aliphatic rings. The van der Waals surface area contributed by atoms with Crippen molar-refractivity contribution in [2.75, 3.05) is 20.3 Å². The number of rotatable bonds is 8. The minimum atomic E-state index is -3.54. The first-order chi connectivity index (χ1) is 9.91. The molecular formula is C13H19BrClNO3S2. The van der Waals surface area contributed by atoms with Crippen LogP contribution in [0.5, 0.6) is 0 Å². The molecular weight excluding hydrogens is 398 g/mol. The first-order valence-corrected chi connectivity index (χ1v) is 10.3. The quantitative estimate of drug-likeness (QED) is 0.607. The molecule has 1 fully saturated rings. The minimum Gasteiger partial charge on any atom is -0.383 e. The van der Waals surface area contributed by atoms with Crippen molar-refractivity contribution in [1.29, 1.82) is 0 Å². The maximum atomic E-state index is 13.0. The third kappa shape index (κ3) is 4.00. The van der Waals surface area contributed by atoms with Gasteiger partial charge in [0.1, 0.15) is 4.90 Å². The lowest BCUT2D eigenvalue weighted by Gasteiger charge is -2.28. The van der Waals surface area contributed by atoms with Gasteiger partial charge in [-0.2, -0.15) is 4.31 Å². The summed E-state index contributed by atoms with van der Waals surface area (Å²) >= 11 is 10.5. The number of alkyl halides is 1. The molecule has 0 radical (unpaired) electrons. The molecule has 0 saturated heterocycles. The second kappa shape index (κ2) is 7.27. The van der Waals surface area contributed by atoms with Gasteiger partial charge in [-0.1, -0.05) is 0 Å². The van der Waals surface area contributed by atoms with Crippen LogP contribution in [0.3, 0.4) is 0 Å². The van der Waals surface area contributed by atoms with Crippen molar-refractivity contribution in [1.82, 2.24) is 4.31 Å². The number of ether oxygens (including phenoxy) is 1. The maximum absolute atomic E-state index is 13.0. The largest absolute Gasteiger partial charge is 0.383 e. The zero-order valence-corrected chi connectivity index (χ0v) is 16.0. The minimum absolute atomic E-state index is 0.00333. The molecule has 0 bridgehead atoms. The Balaban J connectivity index is 2.32. The monoisotopic (exact) mass is 415 g/mol. The molecule has 0 aromatic carbocycles. The van der Waals surface area contributed by atoms with Crippen LogP contribution in [0.1, 0.15) is 24.6 Å². The van der Waals surface area contributed by atoms with Crippen molar-refractivity contribution in [2.45, 2.75) is 36.6 Å². The Morgan fingerprint density at radius 1 is 1.57 bits per heavy atom. The summed E-state index contributed by atoms with van der Waals surface area (Å²) in [4.78, 5) is 1.15. The van der Waals surface area contributed by atoms with E-state index < -0.39 is 10.0 Å². The van der Waals surface area contributed by atoms with E-state index in [9.17, 15) is 8.42 Å². The highest BCUT2D eigenvalue weighted by molar-refractivity contribution is 9.11. The summed E-state index contributed by atoms with van der Waals surface area (Å²) in [7, 11) is -1.96. The van der Waals surface area contributed by atoms with Crippen LogP contribution < -0.4 is 0 Å². The topological polar surface area (TPSA) is 46.6 Å². The second-order valence-electron chi connectivity index (χ2n) is 5.17. The molecule has 120 valence electrons. The van der Waals surface area contributed by atoms with Crippen LogP contribution in [0.25, 0.3) is 0 Å². The van der Waals surface area contributed by atoms with Gasteiger partial charge in [0, 0.05) is 24.6 Å². The SMILES string of the molecule is COCCN(C(C)C1CC1)S(=O)(=O)c1cc(CCl)sc1Br. The summed E-state index contributed by atoms with van der Waals surface area (Å²) in [5.41, 5.74) is 0. The fourth-order valence-corrected chi connectivity index (χ4v) is 6.70. The molecule has 8 heteroatoms. The van der Waals surface area contributed by atoms with Gasteiger partial charge in [0.15, 0.2) is 0 Å². The predicted molar refractivity (Wildman–Crippen MR) is 89.5 cm³/mol. The van der Waals surface area contributed by atoms with Gasteiger partial charge in [-0.3, -0.25) is 0 Å². The van der Waals surface area contributed by atoms with Gasteiger partial charge in [-0.25, -0.2) is 8.42 Å². The third-order valence-electron chi connectivity index (χ3n) is 3.70. The Labute approximate surface area is 143 Å². The van der Waals surface area contributed by atoms with Crippen LogP contribution in [0.4, 0.5) is 0 Å². The van der Waals surface area contributed by atoms with Crippen LogP contribution in [-0.4, -0.2) is 39.0 Å². The van der Waals surface area contributed by atoms with Gasteiger partial charge in [0.05, 0.1) is 16.3 Å². The van der Waals surface area contributed by atoms with Crippen LogP contribution in [0, 0.1) is 5.92 Å². The van der Waals surface area contributed by atoms with Crippen molar-refractivity contribution >= 4 is 48.9 Å². The number of halogens is 2. The molecule has 1 aromatic heterocycles. The molecule has 1 atom stereocenters. The van der Waals surface area contributed by atoms with Gasteiger partial charge in [-0.05, 0) is 47.7 Å². The number of methoxy groups -OCH3 is 1. The molecule has 4 nitrogen and oxygen atoms in total. The van der Waals surface area contributed by atoms with Crippen LogP contribution in [0.2, 0.25) is 0 Å². The first-order valence-electron chi connectivity index (χ1n) is 6.76. The van der Waals surface area contributed by atoms with Crippen molar-refractivity contribution in [3.63, 3.8) is 0 Å². The first kappa shape index (κ1) is 17.7. The van der Waals surface area contributed by atoms with Gasteiger partial charge in [0.25, 0.3) is 0 Å². The summed E-state index contributed by atoms with van der Waals surface area (Å²) in [5.74, 6) is 0.774. The summed E-state index contributed by atoms with van der Waals surface area (Å²) in [5, 5.41) is 0. The van der Waals surface area contributed by atoms with E-state index in [0.29, 0.717) is 33.6 Å². The average molecular weight is 417 g/mol. The van der Waals surface area contributed by atoms with Gasteiger partial charge >= 0.3 is 0 Å². The van der Waals surface area contributed by atoms with E-state index >= 15 is 0 Å². The van der Waals surface area contributed by atoms with E-state index in [2.05, 4.69) is 15.9 Å². The molecule has 1 unspecified atom stereocenters. The standard InChI is InChI=1S/C13H19BrClNO3S2/c1-9(10-3-4-10)16(5-6-19-2)21(17,18)12-7-11(8-15)20-13(12)14/h7,9-10H,3-6,8H2,1-2H3. The van der Waals surface area contributed by atoms with Gasteiger partial charge in [-0.15, -0.1) is 22.9 Å². The summed E-state index contributed by atoms with van der Waals surface area (Å²) < 4.78 is 33.2. The zero-order chi connectivity index (χ0) is 15.6. The number of thiophene rings is 1. The normalized spacial score (nSPS) is 17.4. The van der Waals surface area contributed by atoms with Crippen LogP contribution in [-0.2, 0) is 20.6 Å². The average Bonchev–Trinajstić information content (AvgIpc) is 3.21. The van der Waals surface area contributed by atoms with Crippen LogP contribution >= 0.6 is 38.9 Å². The van der Waals surface area contributed by atoms with E-state index in [1.807, 2.05) is 6.92 Å². The molecule has 1 saturated carbocycles. The number of hydrogen-bond acceptors (Lipinski definition) is 4. The second-order valence-corrected chi connectivity index (χ2v) is 9.75. The predicted octanol–water partition coefficient (Wildman–Crippen LogP) is 3.69.